The molecule has 4 aromatic rings. The number of anilines is 3. The summed E-state index contributed by atoms with van der Waals surface area (Å²) in [5.74, 6) is 0.0442. The quantitative estimate of drug-likeness (QED) is 0.362. The number of hydrogen-bond acceptors (Lipinski definition) is 6. The van der Waals surface area contributed by atoms with E-state index >= 15 is 0 Å². The van der Waals surface area contributed by atoms with Gasteiger partial charge in [0.25, 0.3) is 0 Å². The van der Waals surface area contributed by atoms with Crippen molar-refractivity contribution >= 4 is 28.9 Å². The Kier molecular flexibility index (Phi) is 5.84. The van der Waals surface area contributed by atoms with E-state index in [2.05, 4.69) is 25.7 Å². The van der Waals surface area contributed by atoms with Crippen LogP contribution in [0.25, 0.3) is 16.6 Å². The van der Waals surface area contributed by atoms with Gasteiger partial charge in [-0.1, -0.05) is 12.1 Å². The number of aliphatic hydroxyl groups excluding tert-OH is 1. The van der Waals surface area contributed by atoms with Gasteiger partial charge in [-0.15, -0.1) is 0 Å². The second-order valence-electron chi connectivity index (χ2n) is 7.03. The summed E-state index contributed by atoms with van der Waals surface area (Å²) in [6.07, 6.45) is -0.0993. The molecule has 0 saturated carbocycles. The zero-order chi connectivity index (χ0) is 23.6. The van der Waals surface area contributed by atoms with Crippen LogP contribution in [0.4, 0.5) is 35.3 Å². The normalized spacial score (nSPS) is 11.5. The number of benzene rings is 1. The molecule has 5 N–H and O–H groups in total. The van der Waals surface area contributed by atoms with E-state index in [9.17, 15) is 23.1 Å². The summed E-state index contributed by atoms with van der Waals surface area (Å²) in [7, 11) is 0. The molecule has 0 radical (unpaired) electrons. The number of carbonyl (C=O) groups is 1. The predicted octanol–water partition coefficient (Wildman–Crippen LogP) is 3.57. The molecule has 0 saturated heterocycles. The highest BCUT2D eigenvalue weighted by atomic mass is 19.4. The Morgan fingerprint density at radius 3 is 2.58 bits per heavy atom. The second kappa shape index (κ2) is 8.74. The standard InChI is InChI=1S/C21H18F3N7O2/c22-21(23,24)14-5-7-26-16(9-14)30-20(33)29-15-3-1-12(2-4-15)17-13(6-8-32)10-31-18(17)19(25)27-11-28-31/h1-5,7,9-11,32H,6,8H2,(H2,25,27,28)(H2,26,29,30,33). The van der Waals surface area contributed by atoms with Crippen molar-refractivity contribution in [3.63, 3.8) is 0 Å². The smallest absolute Gasteiger partial charge is 0.396 e. The maximum absolute atomic E-state index is 12.8. The van der Waals surface area contributed by atoms with Gasteiger partial charge >= 0.3 is 12.2 Å². The molecular weight excluding hydrogens is 439 g/mol. The van der Waals surface area contributed by atoms with Crippen LogP contribution in [0.1, 0.15) is 11.1 Å². The van der Waals surface area contributed by atoms with Crippen molar-refractivity contribution in [1.82, 2.24) is 19.6 Å². The Hall–Kier alpha value is -4.19. The number of alkyl halides is 3. The molecule has 33 heavy (non-hydrogen) atoms. The highest BCUT2D eigenvalue weighted by Gasteiger charge is 2.30. The van der Waals surface area contributed by atoms with E-state index in [1.165, 1.54) is 6.33 Å². The third kappa shape index (κ3) is 4.70. The third-order valence-corrected chi connectivity index (χ3v) is 4.82. The van der Waals surface area contributed by atoms with Gasteiger partial charge in [0.05, 0.1) is 5.56 Å². The number of aromatic nitrogens is 4. The number of nitrogens with zero attached hydrogens (tertiary/aromatic N) is 4. The zero-order valence-corrected chi connectivity index (χ0v) is 17.0. The molecule has 0 atom stereocenters. The maximum atomic E-state index is 12.8. The highest BCUT2D eigenvalue weighted by molar-refractivity contribution is 5.99. The minimum Gasteiger partial charge on any atom is -0.396 e. The molecule has 0 bridgehead atoms. The van der Waals surface area contributed by atoms with Gasteiger partial charge in [-0.2, -0.15) is 18.3 Å². The Morgan fingerprint density at radius 2 is 1.88 bits per heavy atom. The first-order chi connectivity index (χ1) is 15.8. The number of nitrogen functional groups attached to an aromatic ring is 1. The van der Waals surface area contributed by atoms with E-state index < -0.39 is 17.8 Å². The average molecular weight is 457 g/mol. The SMILES string of the molecule is Nc1ncnn2cc(CCO)c(-c3ccc(NC(=O)Nc4cc(C(F)(F)F)ccn4)cc3)c12. The van der Waals surface area contributed by atoms with E-state index in [0.29, 0.717) is 17.6 Å². The number of pyridine rings is 1. The molecule has 2 amide bonds. The molecule has 3 heterocycles. The number of carbonyl (C=O) groups excluding carboxylic acids is 1. The summed E-state index contributed by atoms with van der Waals surface area (Å²) in [6, 6.07) is 7.54. The third-order valence-electron chi connectivity index (χ3n) is 4.82. The molecule has 9 nitrogen and oxygen atoms in total. The lowest BCUT2D eigenvalue weighted by molar-refractivity contribution is -0.137. The number of rotatable bonds is 5. The van der Waals surface area contributed by atoms with Crippen LogP contribution in [0.3, 0.4) is 0 Å². The van der Waals surface area contributed by atoms with E-state index in [0.717, 1.165) is 35.0 Å². The van der Waals surface area contributed by atoms with Gasteiger partial charge in [-0.25, -0.2) is 19.3 Å². The van der Waals surface area contributed by atoms with E-state index in [-0.39, 0.29) is 18.2 Å². The van der Waals surface area contributed by atoms with Crippen LogP contribution in [-0.4, -0.2) is 37.3 Å². The van der Waals surface area contributed by atoms with Crippen LogP contribution >= 0.6 is 0 Å². The van der Waals surface area contributed by atoms with Crippen molar-refractivity contribution in [2.24, 2.45) is 0 Å². The summed E-state index contributed by atoms with van der Waals surface area (Å²) in [5, 5.41) is 18.4. The first kappa shape index (κ1) is 22.0. The lowest BCUT2D eigenvalue weighted by atomic mass is 10.0. The molecule has 170 valence electrons. The monoisotopic (exact) mass is 457 g/mol. The van der Waals surface area contributed by atoms with E-state index in [4.69, 9.17) is 5.73 Å². The summed E-state index contributed by atoms with van der Waals surface area (Å²) in [4.78, 5) is 20.0. The number of fused-ring (bicyclic) bond motifs is 1. The minimum absolute atomic E-state index is 0.0688. The van der Waals surface area contributed by atoms with Gasteiger partial charge in [-0.05, 0) is 41.8 Å². The summed E-state index contributed by atoms with van der Waals surface area (Å²) in [6.45, 7) is -0.0688. The Labute approximate surface area is 185 Å². The highest BCUT2D eigenvalue weighted by Crippen LogP contribution is 2.33. The fourth-order valence-electron chi connectivity index (χ4n) is 3.39. The zero-order valence-electron chi connectivity index (χ0n) is 17.0. The number of aliphatic hydroxyl groups is 1. The van der Waals surface area contributed by atoms with Crippen molar-refractivity contribution in [3.05, 3.63) is 66.2 Å². The lowest BCUT2D eigenvalue weighted by Crippen LogP contribution is -2.20. The van der Waals surface area contributed by atoms with Gasteiger partial charge < -0.3 is 16.2 Å². The van der Waals surface area contributed by atoms with Gasteiger partial charge in [0.2, 0.25) is 0 Å². The van der Waals surface area contributed by atoms with Gasteiger partial charge in [0.1, 0.15) is 17.7 Å². The number of nitrogens with two attached hydrogens (primary N) is 1. The van der Waals surface area contributed by atoms with Crippen molar-refractivity contribution in [1.29, 1.82) is 0 Å². The molecule has 1 aromatic carbocycles. The van der Waals surface area contributed by atoms with Crippen LogP contribution in [0.5, 0.6) is 0 Å². The Balaban J connectivity index is 1.54. The lowest BCUT2D eigenvalue weighted by Gasteiger charge is -2.11. The molecular formula is C21H18F3N7O2. The van der Waals surface area contributed by atoms with E-state index in [1.54, 1.807) is 35.0 Å². The minimum atomic E-state index is -4.54. The van der Waals surface area contributed by atoms with Gasteiger partial charge in [0, 0.05) is 30.3 Å². The molecule has 0 aliphatic heterocycles. The molecule has 3 aromatic heterocycles. The van der Waals surface area contributed by atoms with Crippen LogP contribution in [0.15, 0.2) is 55.1 Å². The summed E-state index contributed by atoms with van der Waals surface area (Å²) >= 11 is 0. The molecule has 0 aliphatic carbocycles. The van der Waals surface area contributed by atoms with Crippen molar-refractivity contribution in [2.75, 3.05) is 23.0 Å². The molecule has 0 fully saturated rings. The first-order valence-corrected chi connectivity index (χ1v) is 9.69. The Bertz CT molecular complexity index is 1300. The predicted molar refractivity (Wildman–Crippen MR) is 116 cm³/mol. The fraction of sp³-hybridized carbons (Fsp3) is 0.143. The van der Waals surface area contributed by atoms with Crippen LogP contribution < -0.4 is 16.4 Å². The maximum Gasteiger partial charge on any atom is 0.416 e. The molecule has 4 rings (SSSR count). The summed E-state index contributed by atoms with van der Waals surface area (Å²) < 4.78 is 40.0. The largest absolute Gasteiger partial charge is 0.416 e. The molecule has 0 spiro atoms. The average Bonchev–Trinajstić information content (AvgIpc) is 3.13. The second-order valence-corrected chi connectivity index (χ2v) is 7.03. The topological polar surface area (TPSA) is 130 Å². The van der Waals surface area contributed by atoms with Gasteiger partial charge in [0.15, 0.2) is 5.82 Å². The van der Waals surface area contributed by atoms with Crippen LogP contribution in [0.2, 0.25) is 0 Å². The Morgan fingerprint density at radius 1 is 1.12 bits per heavy atom. The summed E-state index contributed by atoms with van der Waals surface area (Å²) in [5.41, 5.74) is 8.44. The number of amides is 2. The number of hydrogen-bond donors (Lipinski definition) is 4. The fourth-order valence-corrected chi connectivity index (χ4v) is 3.39. The van der Waals surface area contributed by atoms with Crippen molar-refractivity contribution in [2.45, 2.75) is 12.6 Å². The molecule has 0 aliphatic rings. The first-order valence-electron chi connectivity index (χ1n) is 9.69. The number of nitrogens with one attached hydrogen (secondary N) is 2. The molecule has 0 unspecified atom stereocenters. The molecule has 12 heteroatoms. The van der Waals surface area contributed by atoms with Crippen LogP contribution in [-0.2, 0) is 12.6 Å². The number of urea groups is 1. The number of halogens is 3. The van der Waals surface area contributed by atoms with Crippen LogP contribution in [0, 0.1) is 0 Å². The van der Waals surface area contributed by atoms with E-state index in [1.807, 2.05) is 0 Å². The van der Waals surface area contributed by atoms with Gasteiger partial charge in [-0.3, -0.25) is 5.32 Å². The van der Waals surface area contributed by atoms with Crippen molar-refractivity contribution in [3.8, 4) is 11.1 Å². The van der Waals surface area contributed by atoms with Crippen molar-refractivity contribution < 1.29 is 23.1 Å².